The van der Waals surface area contributed by atoms with Crippen molar-refractivity contribution in [2.24, 2.45) is 4.99 Å². The Bertz CT molecular complexity index is 1010. The van der Waals surface area contributed by atoms with E-state index in [9.17, 15) is 4.79 Å². The van der Waals surface area contributed by atoms with Crippen molar-refractivity contribution < 1.29 is 14.3 Å². The third-order valence-electron chi connectivity index (χ3n) is 5.59. The Kier molecular flexibility index (Phi) is 7.46. The summed E-state index contributed by atoms with van der Waals surface area (Å²) in [6.07, 6.45) is 7.38. The summed E-state index contributed by atoms with van der Waals surface area (Å²) in [6, 6.07) is 4.09. The summed E-state index contributed by atoms with van der Waals surface area (Å²) in [5.41, 5.74) is 5.37. The molecule has 3 rings (SSSR count). The molecule has 1 atom stereocenters. The Labute approximate surface area is 184 Å². The molecular weight excluding hydrogens is 390 g/mol. The van der Waals surface area contributed by atoms with E-state index in [0.717, 1.165) is 54.4 Å². The van der Waals surface area contributed by atoms with Crippen molar-refractivity contribution in [3.8, 4) is 0 Å². The number of pyridine rings is 1. The lowest BCUT2D eigenvalue weighted by molar-refractivity contribution is 0.0186. The highest BCUT2D eigenvalue weighted by Crippen LogP contribution is 2.30. The van der Waals surface area contributed by atoms with Crippen molar-refractivity contribution in [3.05, 3.63) is 65.6 Å². The van der Waals surface area contributed by atoms with Gasteiger partial charge >= 0.3 is 5.97 Å². The number of aromatic nitrogens is 1. The molecule has 1 aliphatic rings. The summed E-state index contributed by atoms with van der Waals surface area (Å²) in [6.45, 7) is 16.8. The molecule has 0 saturated carbocycles. The van der Waals surface area contributed by atoms with Gasteiger partial charge in [-0.15, -0.1) is 0 Å². The van der Waals surface area contributed by atoms with Gasteiger partial charge < -0.3 is 13.9 Å². The van der Waals surface area contributed by atoms with Gasteiger partial charge in [-0.1, -0.05) is 12.7 Å². The second kappa shape index (κ2) is 10.1. The average Bonchev–Trinajstić information content (AvgIpc) is 3.16. The lowest BCUT2D eigenvalue weighted by atomic mass is 10.0. The minimum Gasteiger partial charge on any atom is -0.459 e. The predicted molar refractivity (Wildman–Crippen MR) is 125 cm³/mol. The van der Waals surface area contributed by atoms with E-state index in [1.165, 1.54) is 0 Å². The van der Waals surface area contributed by atoms with Crippen LogP contribution in [0.3, 0.4) is 0 Å². The molecule has 31 heavy (non-hydrogen) atoms. The fraction of sp³-hybridized carbons (Fsp3) is 0.440. The van der Waals surface area contributed by atoms with Gasteiger partial charge in [0.2, 0.25) is 0 Å². The maximum absolute atomic E-state index is 12.9. The highest BCUT2D eigenvalue weighted by molar-refractivity contribution is 6.10. The molecule has 166 valence electrons. The van der Waals surface area contributed by atoms with Gasteiger partial charge in [0.15, 0.2) is 0 Å². The van der Waals surface area contributed by atoms with Gasteiger partial charge in [-0.05, 0) is 58.4 Å². The molecule has 2 aromatic rings. The third kappa shape index (κ3) is 4.97. The van der Waals surface area contributed by atoms with Crippen LogP contribution in [0.25, 0.3) is 5.52 Å². The van der Waals surface area contributed by atoms with E-state index in [1.807, 2.05) is 45.9 Å². The molecule has 2 aromatic heterocycles. The van der Waals surface area contributed by atoms with Crippen molar-refractivity contribution in [1.29, 1.82) is 0 Å². The van der Waals surface area contributed by atoms with Crippen LogP contribution < -0.4 is 0 Å². The maximum atomic E-state index is 12.9. The number of allylic oxidation sites excluding steroid dienone is 2. The summed E-state index contributed by atoms with van der Waals surface area (Å²) in [5.74, 6) is -0.290. The zero-order valence-corrected chi connectivity index (χ0v) is 19.2. The van der Waals surface area contributed by atoms with Crippen molar-refractivity contribution in [2.75, 3.05) is 26.3 Å². The fourth-order valence-corrected chi connectivity index (χ4v) is 4.13. The Hall–Kier alpha value is -2.70. The number of hydrogen-bond acceptors (Lipinski definition) is 5. The number of carbonyl (C=O) groups is 1. The molecule has 1 fully saturated rings. The number of carbonyl (C=O) groups excluding carboxylic acids is 1. The number of hydrogen-bond donors (Lipinski definition) is 0. The van der Waals surface area contributed by atoms with Crippen molar-refractivity contribution in [2.45, 2.75) is 46.8 Å². The maximum Gasteiger partial charge on any atom is 0.338 e. The summed E-state index contributed by atoms with van der Waals surface area (Å²) < 4.78 is 13.3. The first-order valence-corrected chi connectivity index (χ1v) is 10.9. The van der Waals surface area contributed by atoms with Gasteiger partial charge in [-0.2, -0.15) is 0 Å². The highest BCUT2D eigenvalue weighted by atomic mass is 16.5. The van der Waals surface area contributed by atoms with E-state index in [2.05, 4.69) is 40.1 Å². The van der Waals surface area contributed by atoms with Crippen molar-refractivity contribution >= 4 is 17.2 Å². The fourth-order valence-electron chi connectivity index (χ4n) is 4.13. The zero-order valence-electron chi connectivity index (χ0n) is 19.2. The van der Waals surface area contributed by atoms with E-state index in [4.69, 9.17) is 9.47 Å². The molecule has 0 aromatic carbocycles. The molecule has 0 amide bonds. The smallest absolute Gasteiger partial charge is 0.338 e. The van der Waals surface area contributed by atoms with E-state index in [0.29, 0.717) is 5.56 Å². The molecule has 1 saturated heterocycles. The Morgan fingerprint density at radius 1 is 1.26 bits per heavy atom. The second-order valence-electron chi connectivity index (χ2n) is 8.07. The molecule has 1 aliphatic heterocycles. The van der Waals surface area contributed by atoms with Crippen LogP contribution in [0.5, 0.6) is 0 Å². The summed E-state index contributed by atoms with van der Waals surface area (Å²) in [4.78, 5) is 19.7. The number of ether oxygens (including phenoxy) is 2. The molecular formula is C25H33N3O3. The van der Waals surface area contributed by atoms with Crippen LogP contribution in [0.2, 0.25) is 0 Å². The van der Waals surface area contributed by atoms with Gasteiger partial charge in [0.1, 0.15) is 0 Å². The number of morpholine rings is 1. The van der Waals surface area contributed by atoms with E-state index >= 15 is 0 Å². The lowest BCUT2D eigenvalue weighted by Gasteiger charge is -2.34. The number of aliphatic imine (C=N–C) groups is 1. The van der Waals surface area contributed by atoms with Crippen LogP contribution in [0.15, 0.2) is 48.3 Å². The molecule has 3 heterocycles. The first-order chi connectivity index (χ1) is 14.9. The summed E-state index contributed by atoms with van der Waals surface area (Å²) in [5, 5.41) is 0. The molecule has 0 N–H and O–H groups in total. The molecule has 1 unspecified atom stereocenters. The van der Waals surface area contributed by atoms with Crippen LogP contribution in [0, 0.1) is 6.92 Å². The number of nitrogens with zero attached hydrogens (tertiary/aromatic N) is 3. The van der Waals surface area contributed by atoms with Crippen molar-refractivity contribution in [1.82, 2.24) is 9.30 Å². The Morgan fingerprint density at radius 2 is 1.97 bits per heavy atom. The molecule has 6 nitrogen and oxygen atoms in total. The topological polar surface area (TPSA) is 55.5 Å². The minimum absolute atomic E-state index is 0.111. The molecule has 0 spiro atoms. The third-order valence-corrected chi connectivity index (χ3v) is 5.59. The standard InChI is InChI=1S/C25H33N3O3/c1-7-9-23(26-8-2)20-14-21-15-22(25(29)31-17(3)4)18(5)24(28(21)16-20)19(6)27-10-12-30-13-11-27/h7-9,14-17,19H,2,10-13H2,1,3-6H3/b9-7-,26-23?. The SMILES string of the molecule is C=CN=C(/C=C\C)c1cc2cc(C(=O)OC(C)C)c(C)c(C(C)N3CCOCC3)n2c1. The highest BCUT2D eigenvalue weighted by Gasteiger charge is 2.26. The minimum atomic E-state index is -0.290. The second-order valence-corrected chi connectivity index (χ2v) is 8.07. The van der Waals surface area contributed by atoms with Crippen LogP contribution in [0.1, 0.15) is 60.9 Å². The number of esters is 1. The van der Waals surface area contributed by atoms with Gasteiger partial charge in [-0.25, -0.2) is 4.79 Å². The predicted octanol–water partition coefficient (Wildman–Crippen LogP) is 4.71. The Morgan fingerprint density at radius 3 is 2.58 bits per heavy atom. The van der Waals surface area contributed by atoms with Gasteiger partial charge in [0.25, 0.3) is 0 Å². The first kappa shape index (κ1) is 23.0. The van der Waals surface area contributed by atoms with E-state index in [1.54, 1.807) is 6.20 Å². The quantitative estimate of drug-likeness (QED) is 0.478. The molecule has 0 bridgehead atoms. The van der Waals surface area contributed by atoms with Crippen LogP contribution in [-0.2, 0) is 9.47 Å². The lowest BCUT2D eigenvalue weighted by Crippen LogP contribution is -2.39. The average molecular weight is 424 g/mol. The summed E-state index contributed by atoms with van der Waals surface area (Å²) in [7, 11) is 0. The van der Waals surface area contributed by atoms with Gasteiger partial charge in [0, 0.05) is 48.3 Å². The largest absolute Gasteiger partial charge is 0.459 e. The summed E-state index contributed by atoms with van der Waals surface area (Å²) >= 11 is 0. The van der Waals surface area contributed by atoms with E-state index in [-0.39, 0.29) is 18.1 Å². The van der Waals surface area contributed by atoms with Gasteiger partial charge in [0.05, 0.1) is 30.6 Å². The van der Waals surface area contributed by atoms with E-state index < -0.39 is 0 Å². The molecule has 0 radical (unpaired) electrons. The van der Waals surface area contributed by atoms with Gasteiger partial charge in [-0.3, -0.25) is 9.89 Å². The van der Waals surface area contributed by atoms with Crippen LogP contribution in [-0.4, -0.2) is 53.4 Å². The normalized spacial score (nSPS) is 16.9. The molecule has 6 heteroatoms. The monoisotopic (exact) mass is 423 g/mol. The van der Waals surface area contributed by atoms with Crippen LogP contribution in [0.4, 0.5) is 0 Å². The zero-order chi connectivity index (χ0) is 22.5. The number of rotatable bonds is 7. The van der Waals surface area contributed by atoms with Crippen molar-refractivity contribution in [3.63, 3.8) is 0 Å². The molecule has 0 aliphatic carbocycles. The number of fused-ring (bicyclic) bond motifs is 1. The Balaban J connectivity index is 2.21. The first-order valence-electron chi connectivity index (χ1n) is 10.9. The van der Waals surface area contributed by atoms with Crippen LogP contribution >= 0.6 is 0 Å².